The average Bonchev–Trinajstić information content (AvgIpc) is 3.96. The van der Waals surface area contributed by atoms with E-state index in [-0.39, 0.29) is 36.2 Å². The molecule has 2 saturated heterocycles. The van der Waals surface area contributed by atoms with E-state index in [1.165, 1.54) is 23.3 Å². The average molecular weight is 762 g/mol. The highest BCUT2D eigenvalue weighted by Crippen LogP contribution is 2.34. The molecule has 16 nitrogen and oxygen atoms in total. The normalized spacial score (nSPS) is 17.8. The molecule has 0 bridgehead atoms. The van der Waals surface area contributed by atoms with Crippen molar-refractivity contribution >= 4 is 52.0 Å². The number of hydrogen-bond donors (Lipinski definition) is 4. The van der Waals surface area contributed by atoms with Crippen LogP contribution in [0.1, 0.15) is 72.2 Å². The van der Waals surface area contributed by atoms with Crippen LogP contribution in [0.3, 0.4) is 0 Å². The molecule has 0 spiro atoms. The van der Waals surface area contributed by atoms with Crippen molar-refractivity contribution in [2.45, 2.75) is 84.0 Å². The van der Waals surface area contributed by atoms with Gasteiger partial charge in [0.2, 0.25) is 17.7 Å². The third-order valence-electron chi connectivity index (χ3n) is 9.38. The number of aromatic amines is 1. The smallest absolute Gasteiger partial charge is 0.408 e. The number of hydrogen-bond acceptors (Lipinski definition) is 10. The summed E-state index contributed by atoms with van der Waals surface area (Å²) < 4.78 is 11.8. The van der Waals surface area contributed by atoms with Gasteiger partial charge in [-0.2, -0.15) is 0 Å². The molecule has 2 fully saturated rings. The van der Waals surface area contributed by atoms with E-state index < -0.39 is 29.9 Å². The highest BCUT2D eigenvalue weighted by molar-refractivity contribution is 7.20. The van der Waals surface area contributed by atoms with Gasteiger partial charge >= 0.3 is 12.2 Å². The molecular formula is C37H47N9O7S. The van der Waals surface area contributed by atoms with Gasteiger partial charge in [0.15, 0.2) is 10.8 Å². The van der Waals surface area contributed by atoms with Gasteiger partial charge in [0.1, 0.15) is 30.1 Å². The number of aromatic nitrogens is 4. The Morgan fingerprint density at radius 1 is 0.981 bits per heavy atom. The number of nitrogens with zero attached hydrogens (tertiary/aromatic N) is 5. The number of imidazole rings is 2. The summed E-state index contributed by atoms with van der Waals surface area (Å²) in [4.78, 5) is 81.1. The summed E-state index contributed by atoms with van der Waals surface area (Å²) in [5.41, 5.74) is 2.07. The summed E-state index contributed by atoms with van der Waals surface area (Å²) in [6.07, 6.45) is 6.92. The molecule has 288 valence electrons. The lowest BCUT2D eigenvalue weighted by molar-refractivity contribution is -0.136. The Labute approximate surface area is 317 Å². The van der Waals surface area contributed by atoms with E-state index in [1.807, 2.05) is 48.7 Å². The van der Waals surface area contributed by atoms with Crippen LogP contribution >= 0.6 is 11.3 Å². The third-order valence-corrected chi connectivity index (χ3v) is 10.4. The van der Waals surface area contributed by atoms with Crippen LogP contribution < -0.4 is 16.0 Å². The number of rotatable bonds is 10. The molecule has 54 heavy (non-hydrogen) atoms. The predicted octanol–water partition coefficient (Wildman–Crippen LogP) is 4.95. The first-order valence-corrected chi connectivity index (χ1v) is 18.9. The Kier molecular flexibility index (Phi) is 11.3. The first kappa shape index (κ1) is 38.3. The van der Waals surface area contributed by atoms with Crippen LogP contribution in [-0.2, 0) is 23.9 Å². The van der Waals surface area contributed by atoms with Crippen molar-refractivity contribution in [2.24, 2.45) is 5.92 Å². The minimum atomic E-state index is -0.701. The van der Waals surface area contributed by atoms with Crippen molar-refractivity contribution in [3.05, 3.63) is 48.7 Å². The van der Waals surface area contributed by atoms with Crippen LogP contribution in [0, 0.1) is 5.92 Å². The molecule has 1 aromatic carbocycles. The second kappa shape index (κ2) is 15.9. The van der Waals surface area contributed by atoms with Gasteiger partial charge in [0.25, 0.3) is 0 Å². The fraction of sp³-hybridized carbons (Fsp3) is 0.486. The molecular weight excluding hydrogens is 715 g/mol. The van der Waals surface area contributed by atoms with E-state index in [9.17, 15) is 24.0 Å². The van der Waals surface area contributed by atoms with E-state index >= 15 is 0 Å². The molecule has 0 saturated carbocycles. The largest absolute Gasteiger partial charge is 0.453 e. The predicted molar refractivity (Wildman–Crippen MR) is 202 cm³/mol. The summed E-state index contributed by atoms with van der Waals surface area (Å²) in [6.45, 7) is 9.73. The summed E-state index contributed by atoms with van der Waals surface area (Å²) in [7, 11) is 1.28. The van der Waals surface area contributed by atoms with E-state index in [0.717, 1.165) is 34.5 Å². The SMILES string of the molecule is COC(=O)N[C@H](C(=O)N1CCC[C@H]1c1ncc(-c2ccc(-c3cn4cc(NC(=O)[C@@H]5CCCN5C(=O)CNC(=O)OC(C)(C)C)nc4s3)cc2)[nH]1)C(C)C. The molecule has 0 radical (unpaired) electrons. The zero-order chi connectivity index (χ0) is 38.7. The van der Waals surface area contributed by atoms with Gasteiger partial charge in [-0.15, -0.1) is 0 Å². The Morgan fingerprint density at radius 2 is 1.69 bits per heavy atom. The molecule has 2 aliphatic heterocycles. The van der Waals surface area contributed by atoms with Gasteiger partial charge in [0, 0.05) is 19.3 Å². The van der Waals surface area contributed by atoms with Crippen molar-refractivity contribution in [1.29, 1.82) is 0 Å². The van der Waals surface area contributed by atoms with Crippen LogP contribution in [0.15, 0.2) is 42.9 Å². The number of fused-ring (bicyclic) bond motifs is 1. The molecule has 0 aliphatic carbocycles. The fourth-order valence-electron chi connectivity index (χ4n) is 6.76. The van der Waals surface area contributed by atoms with Crippen LogP contribution in [0.4, 0.5) is 15.4 Å². The first-order valence-electron chi connectivity index (χ1n) is 18.1. The second-order valence-corrected chi connectivity index (χ2v) is 15.8. The summed E-state index contributed by atoms with van der Waals surface area (Å²) in [5.74, 6) is 0.127. The molecule has 0 unspecified atom stereocenters. The Bertz CT molecular complexity index is 1980. The minimum Gasteiger partial charge on any atom is -0.453 e. The Morgan fingerprint density at radius 3 is 2.37 bits per heavy atom. The van der Waals surface area contributed by atoms with Crippen LogP contribution in [0.5, 0.6) is 0 Å². The Balaban J connectivity index is 1.06. The zero-order valence-corrected chi connectivity index (χ0v) is 32.1. The van der Waals surface area contributed by atoms with Gasteiger partial charge in [0.05, 0.1) is 36.1 Å². The van der Waals surface area contributed by atoms with E-state index in [1.54, 1.807) is 38.1 Å². The monoisotopic (exact) mass is 761 g/mol. The van der Waals surface area contributed by atoms with Crippen molar-refractivity contribution in [2.75, 3.05) is 32.1 Å². The number of carbonyl (C=O) groups is 5. The number of benzene rings is 1. The number of alkyl carbamates (subject to hydrolysis) is 2. The molecule has 17 heteroatoms. The quantitative estimate of drug-likeness (QED) is 0.173. The molecule has 4 aromatic rings. The van der Waals surface area contributed by atoms with Crippen molar-refractivity contribution in [3.63, 3.8) is 0 Å². The third kappa shape index (κ3) is 8.67. The standard InChI is InChI=1S/C37H47N9O7S/c1-21(2)30(43-36(51)52-6)33(49)46-16-7-9-25(46)31-38-17-24(40-31)22-11-13-23(14-12-22)27-19-44-20-28(42-34(44)54-27)41-32(48)26-10-8-15-45(26)29(47)18-39-35(50)53-37(3,4)5/h11-14,17,19-21,25-26,30H,7-10,15-16,18H2,1-6H3,(H,38,40)(H,39,50)(H,41,48)(H,43,51)/t25-,26-,30-/m0/s1. The number of methoxy groups -OCH3 is 1. The maximum atomic E-state index is 13.5. The Hall–Kier alpha value is -5.45. The number of thiazole rings is 1. The molecule has 3 aromatic heterocycles. The van der Waals surface area contributed by atoms with Gasteiger partial charge in [-0.3, -0.25) is 18.8 Å². The molecule has 3 atom stereocenters. The van der Waals surface area contributed by atoms with Gasteiger partial charge in [-0.25, -0.2) is 19.6 Å². The lowest BCUT2D eigenvalue weighted by Gasteiger charge is -2.30. The number of anilines is 1. The molecule has 4 N–H and O–H groups in total. The number of ether oxygens (including phenoxy) is 2. The summed E-state index contributed by atoms with van der Waals surface area (Å²) in [6, 6.07) is 6.46. The zero-order valence-electron chi connectivity index (χ0n) is 31.3. The molecule has 2 aliphatic rings. The van der Waals surface area contributed by atoms with Gasteiger partial charge in [-0.1, -0.05) is 49.4 Å². The number of amides is 5. The lowest BCUT2D eigenvalue weighted by Crippen LogP contribution is -2.51. The number of nitrogens with one attached hydrogen (secondary N) is 4. The lowest BCUT2D eigenvalue weighted by atomic mass is 10.0. The van der Waals surface area contributed by atoms with Crippen molar-refractivity contribution in [1.82, 2.24) is 39.8 Å². The van der Waals surface area contributed by atoms with Gasteiger partial charge in [-0.05, 0) is 63.5 Å². The van der Waals surface area contributed by atoms with Crippen LogP contribution in [-0.4, -0.2) is 103 Å². The van der Waals surface area contributed by atoms with E-state index in [0.29, 0.717) is 42.5 Å². The number of H-pyrrole nitrogens is 1. The number of carbonyl (C=O) groups excluding carboxylic acids is 5. The number of likely N-dealkylation sites (tertiary alicyclic amines) is 2. The minimum absolute atomic E-state index is 0.117. The topological polar surface area (TPSA) is 192 Å². The van der Waals surface area contributed by atoms with Gasteiger partial charge < -0.3 is 40.2 Å². The summed E-state index contributed by atoms with van der Waals surface area (Å²) >= 11 is 1.48. The highest BCUT2D eigenvalue weighted by atomic mass is 32.1. The van der Waals surface area contributed by atoms with Crippen molar-refractivity contribution < 1.29 is 33.4 Å². The first-order chi connectivity index (χ1) is 25.7. The molecule has 5 amide bonds. The maximum absolute atomic E-state index is 13.5. The second-order valence-electron chi connectivity index (χ2n) is 14.8. The fourth-order valence-corrected chi connectivity index (χ4v) is 7.73. The van der Waals surface area contributed by atoms with E-state index in [2.05, 4.69) is 30.9 Å². The van der Waals surface area contributed by atoms with E-state index in [4.69, 9.17) is 9.47 Å². The van der Waals surface area contributed by atoms with Crippen molar-refractivity contribution in [3.8, 4) is 21.7 Å². The van der Waals surface area contributed by atoms with Crippen LogP contribution in [0.2, 0.25) is 0 Å². The highest BCUT2D eigenvalue weighted by Gasteiger charge is 2.38. The van der Waals surface area contributed by atoms with Crippen LogP contribution in [0.25, 0.3) is 26.7 Å². The molecule has 6 rings (SSSR count). The molecule has 5 heterocycles. The summed E-state index contributed by atoms with van der Waals surface area (Å²) in [5, 5.41) is 8.00. The maximum Gasteiger partial charge on any atom is 0.408 e.